The van der Waals surface area contributed by atoms with Crippen molar-refractivity contribution in [1.29, 1.82) is 0 Å². The van der Waals surface area contributed by atoms with Gasteiger partial charge in [-0.05, 0) is 11.6 Å². The van der Waals surface area contributed by atoms with Crippen LogP contribution in [0, 0.1) is 5.82 Å². The minimum Gasteiger partial charge on any atom is -0.388 e. The number of nitrogens with zero attached hydrogens (tertiary/aromatic N) is 4. The minimum atomic E-state index is -1.00. The molecule has 68 valence electrons. The molecule has 0 aliphatic heterocycles. The predicted octanol–water partition coefficient (Wildman–Crippen LogP) is 1.56. The van der Waals surface area contributed by atoms with Crippen molar-refractivity contribution in [3.05, 3.63) is 40.3 Å². The third-order valence-corrected chi connectivity index (χ3v) is 1.43. The van der Waals surface area contributed by atoms with Crippen LogP contribution in [0.5, 0.6) is 0 Å². The molecule has 0 saturated carbocycles. The van der Waals surface area contributed by atoms with E-state index >= 15 is 0 Å². The van der Waals surface area contributed by atoms with Crippen molar-refractivity contribution in [3.63, 3.8) is 0 Å². The average Bonchev–Trinajstić information content (AvgIpc) is 2.14. The molecule has 0 saturated heterocycles. The van der Waals surface area contributed by atoms with E-state index in [0.717, 1.165) is 12.3 Å². The molecule has 0 radical (unpaired) electrons. The van der Waals surface area contributed by atoms with Gasteiger partial charge in [0.25, 0.3) is 0 Å². The second-order valence-electron chi connectivity index (χ2n) is 2.37. The molecule has 1 rings (SSSR count). The second kappa shape index (κ2) is 4.39. The summed E-state index contributed by atoms with van der Waals surface area (Å²) >= 11 is 0. The number of hydrogen-bond acceptors (Lipinski definition) is 3. The van der Waals surface area contributed by atoms with Crippen LogP contribution in [0.1, 0.15) is 11.7 Å². The Morgan fingerprint density at radius 1 is 1.69 bits per heavy atom. The van der Waals surface area contributed by atoms with E-state index in [1.807, 2.05) is 0 Å². The average molecular weight is 182 g/mol. The molecule has 0 amide bonds. The van der Waals surface area contributed by atoms with Crippen LogP contribution in [-0.4, -0.2) is 16.6 Å². The fraction of sp³-hybridized carbons (Fsp3) is 0.286. The summed E-state index contributed by atoms with van der Waals surface area (Å²) in [6, 6.07) is 1.14. The molecule has 13 heavy (non-hydrogen) atoms. The van der Waals surface area contributed by atoms with Gasteiger partial charge in [-0.2, -0.15) is 0 Å². The van der Waals surface area contributed by atoms with Gasteiger partial charge in [0.2, 0.25) is 0 Å². The number of aliphatic hydroxyl groups is 1. The molecule has 1 atom stereocenters. The van der Waals surface area contributed by atoms with Gasteiger partial charge >= 0.3 is 0 Å². The van der Waals surface area contributed by atoms with Gasteiger partial charge < -0.3 is 5.11 Å². The van der Waals surface area contributed by atoms with Gasteiger partial charge in [-0.1, -0.05) is 5.11 Å². The molecule has 5 nitrogen and oxygen atoms in total. The first kappa shape index (κ1) is 9.44. The van der Waals surface area contributed by atoms with Crippen LogP contribution in [0.2, 0.25) is 0 Å². The van der Waals surface area contributed by atoms with Gasteiger partial charge in [0.15, 0.2) is 0 Å². The molecule has 0 unspecified atom stereocenters. The van der Waals surface area contributed by atoms with E-state index < -0.39 is 11.9 Å². The zero-order chi connectivity index (χ0) is 9.68. The van der Waals surface area contributed by atoms with Gasteiger partial charge in [-0.25, -0.2) is 4.39 Å². The van der Waals surface area contributed by atoms with Crippen molar-refractivity contribution < 1.29 is 9.50 Å². The Balaban J connectivity index is 2.76. The molecule has 1 aromatic heterocycles. The highest BCUT2D eigenvalue weighted by atomic mass is 19.1. The molecule has 0 spiro atoms. The lowest BCUT2D eigenvalue weighted by Crippen LogP contribution is -2.01. The summed E-state index contributed by atoms with van der Waals surface area (Å²) in [6.45, 7) is -0.123. The predicted molar refractivity (Wildman–Crippen MR) is 43.2 cm³/mol. The SMILES string of the molecule is [N-]=[N+]=NC[C@H](O)c1cncc(F)c1. The van der Waals surface area contributed by atoms with E-state index in [-0.39, 0.29) is 6.54 Å². The van der Waals surface area contributed by atoms with Crippen LogP contribution in [0.15, 0.2) is 23.6 Å². The molecule has 0 aromatic carbocycles. The van der Waals surface area contributed by atoms with E-state index in [1.165, 1.54) is 6.20 Å². The third-order valence-electron chi connectivity index (χ3n) is 1.43. The van der Waals surface area contributed by atoms with Crippen LogP contribution in [-0.2, 0) is 0 Å². The van der Waals surface area contributed by atoms with Crippen molar-refractivity contribution in [2.75, 3.05) is 6.54 Å². The number of pyridine rings is 1. The lowest BCUT2D eigenvalue weighted by molar-refractivity contribution is 0.186. The number of aliphatic hydroxyl groups excluding tert-OH is 1. The summed E-state index contributed by atoms with van der Waals surface area (Å²) in [7, 11) is 0. The van der Waals surface area contributed by atoms with Gasteiger partial charge in [-0.15, -0.1) is 0 Å². The van der Waals surface area contributed by atoms with Gasteiger partial charge in [0, 0.05) is 16.7 Å². The van der Waals surface area contributed by atoms with Crippen LogP contribution in [0.25, 0.3) is 10.4 Å². The maximum Gasteiger partial charge on any atom is 0.141 e. The lowest BCUT2D eigenvalue weighted by Gasteiger charge is -2.05. The Morgan fingerprint density at radius 3 is 3.08 bits per heavy atom. The zero-order valence-corrected chi connectivity index (χ0v) is 6.63. The fourth-order valence-corrected chi connectivity index (χ4v) is 0.830. The van der Waals surface area contributed by atoms with E-state index in [9.17, 15) is 9.50 Å². The Bertz CT molecular complexity index is 337. The van der Waals surface area contributed by atoms with Crippen LogP contribution in [0.4, 0.5) is 4.39 Å². The highest BCUT2D eigenvalue weighted by Gasteiger charge is 2.06. The minimum absolute atomic E-state index is 0.123. The third kappa shape index (κ3) is 2.70. The Morgan fingerprint density at radius 2 is 2.46 bits per heavy atom. The molecule has 0 aliphatic carbocycles. The molecular formula is C7H7FN4O. The van der Waals surface area contributed by atoms with Crippen molar-refractivity contribution in [2.24, 2.45) is 5.11 Å². The first-order chi connectivity index (χ1) is 6.24. The first-order valence-electron chi connectivity index (χ1n) is 3.53. The Hall–Kier alpha value is -1.65. The summed E-state index contributed by atoms with van der Waals surface area (Å²) < 4.78 is 12.6. The lowest BCUT2D eigenvalue weighted by atomic mass is 10.2. The molecule has 0 aliphatic rings. The number of aromatic nitrogens is 1. The first-order valence-corrected chi connectivity index (χ1v) is 3.53. The quantitative estimate of drug-likeness (QED) is 0.437. The van der Waals surface area contributed by atoms with E-state index in [2.05, 4.69) is 15.0 Å². The number of rotatable bonds is 3. The molecular weight excluding hydrogens is 175 g/mol. The van der Waals surface area contributed by atoms with Crippen LogP contribution < -0.4 is 0 Å². The molecule has 0 fully saturated rings. The van der Waals surface area contributed by atoms with Crippen molar-refractivity contribution in [2.45, 2.75) is 6.10 Å². The highest BCUT2D eigenvalue weighted by molar-refractivity contribution is 5.13. The normalized spacial score (nSPS) is 11.8. The molecule has 6 heteroatoms. The summed E-state index contributed by atoms with van der Waals surface area (Å²) in [5, 5.41) is 12.5. The van der Waals surface area contributed by atoms with E-state index in [0.29, 0.717) is 5.56 Å². The number of halogens is 1. The van der Waals surface area contributed by atoms with Crippen LogP contribution >= 0.6 is 0 Å². The molecule has 1 heterocycles. The van der Waals surface area contributed by atoms with Crippen molar-refractivity contribution >= 4 is 0 Å². The summed E-state index contributed by atoms with van der Waals surface area (Å²) in [4.78, 5) is 6.02. The standard InChI is InChI=1S/C7H7FN4O/c8-6-1-5(2-10-3-6)7(13)4-11-12-9/h1-3,7,13H,4H2/t7-/m0/s1. The largest absolute Gasteiger partial charge is 0.388 e. The number of hydrogen-bond donors (Lipinski definition) is 1. The zero-order valence-electron chi connectivity index (χ0n) is 6.63. The van der Waals surface area contributed by atoms with Gasteiger partial charge in [0.05, 0.1) is 18.8 Å². The van der Waals surface area contributed by atoms with Crippen LogP contribution in [0.3, 0.4) is 0 Å². The van der Waals surface area contributed by atoms with Gasteiger partial charge in [0.1, 0.15) is 5.82 Å². The maximum absolute atomic E-state index is 12.6. The summed E-state index contributed by atoms with van der Waals surface area (Å²) in [5.74, 6) is -0.530. The Kier molecular flexibility index (Phi) is 3.19. The topological polar surface area (TPSA) is 81.9 Å². The Labute approximate surface area is 73.5 Å². The number of azide groups is 1. The molecule has 1 aromatic rings. The maximum atomic E-state index is 12.6. The van der Waals surface area contributed by atoms with E-state index in [4.69, 9.17) is 5.53 Å². The van der Waals surface area contributed by atoms with Crippen molar-refractivity contribution in [1.82, 2.24) is 4.98 Å². The second-order valence-corrected chi connectivity index (χ2v) is 2.37. The monoisotopic (exact) mass is 182 g/mol. The molecule has 0 bridgehead atoms. The van der Waals surface area contributed by atoms with Gasteiger partial charge in [-0.3, -0.25) is 4.98 Å². The van der Waals surface area contributed by atoms with E-state index in [1.54, 1.807) is 0 Å². The summed E-state index contributed by atoms with van der Waals surface area (Å²) in [5.41, 5.74) is 8.27. The molecule has 1 N–H and O–H groups in total. The highest BCUT2D eigenvalue weighted by Crippen LogP contribution is 2.12. The fourth-order valence-electron chi connectivity index (χ4n) is 0.830. The summed E-state index contributed by atoms with van der Waals surface area (Å²) in [6.07, 6.45) is 1.35. The van der Waals surface area contributed by atoms with Crippen molar-refractivity contribution in [3.8, 4) is 0 Å². The smallest absolute Gasteiger partial charge is 0.141 e.